The summed E-state index contributed by atoms with van der Waals surface area (Å²) in [5, 5.41) is 22.7. The minimum absolute atomic E-state index is 0.0353. The molecule has 0 amide bonds. The van der Waals surface area contributed by atoms with Gasteiger partial charge in [0.25, 0.3) is 0 Å². The Morgan fingerprint density at radius 2 is 2.14 bits per heavy atom. The number of phenolic OH excluding ortho intramolecular Hbond substituents is 1. The number of likely N-dealkylation sites (N-methyl/N-ethyl adjacent to an activating group) is 1. The molecule has 0 spiro atoms. The molecule has 2 bridgehead atoms. The third kappa shape index (κ3) is 3.45. The van der Waals surface area contributed by atoms with Gasteiger partial charge >= 0.3 is 0 Å². The summed E-state index contributed by atoms with van der Waals surface area (Å²) in [6.07, 6.45) is -0.365. The molecule has 29 heavy (non-hydrogen) atoms. The van der Waals surface area contributed by atoms with Crippen LogP contribution in [0.3, 0.4) is 0 Å². The van der Waals surface area contributed by atoms with Crippen LogP contribution in [0.2, 0.25) is 0 Å². The van der Waals surface area contributed by atoms with Crippen LogP contribution < -0.4 is 5.32 Å². The molecule has 0 aliphatic carbocycles. The molecular weight excluding hydrogens is 375 g/mol. The van der Waals surface area contributed by atoms with Crippen LogP contribution in [0.5, 0.6) is 5.75 Å². The Morgan fingerprint density at radius 1 is 1.28 bits per heavy atom. The Morgan fingerprint density at radius 3 is 2.93 bits per heavy atom. The van der Waals surface area contributed by atoms with E-state index in [0.717, 1.165) is 23.2 Å². The zero-order valence-electron chi connectivity index (χ0n) is 16.6. The van der Waals surface area contributed by atoms with Crippen LogP contribution in [0.1, 0.15) is 29.4 Å². The fourth-order valence-corrected chi connectivity index (χ4v) is 4.59. The first-order valence-electron chi connectivity index (χ1n) is 10.0. The first kappa shape index (κ1) is 18.7. The second kappa shape index (κ2) is 7.19. The van der Waals surface area contributed by atoms with E-state index in [-0.39, 0.29) is 17.9 Å². The number of aromatic nitrogens is 2. The Kier molecular flexibility index (Phi) is 4.64. The van der Waals surface area contributed by atoms with Crippen LogP contribution >= 0.6 is 0 Å². The molecule has 4 heterocycles. The fraction of sp³-hybridized carbons (Fsp3) is 0.524. The van der Waals surface area contributed by atoms with E-state index >= 15 is 0 Å². The van der Waals surface area contributed by atoms with Gasteiger partial charge in [-0.05, 0) is 37.2 Å². The first-order valence-corrected chi connectivity index (χ1v) is 10.0. The highest BCUT2D eigenvalue weighted by Crippen LogP contribution is 2.44. The molecule has 0 saturated carbocycles. The van der Waals surface area contributed by atoms with Crippen molar-refractivity contribution in [2.24, 2.45) is 0 Å². The maximum Gasteiger partial charge on any atom is 0.188 e. The normalized spacial score (nSPS) is 28.9. The van der Waals surface area contributed by atoms with Gasteiger partial charge in [-0.15, -0.1) is 10.2 Å². The lowest BCUT2D eigenvalue weighted by molar-refractivity contribution is -0.0674. The van der Waals surface area contributed by atoms with Gasteiger partial charge in [0.2, 0.25) is 0 Å². The van der Waals surface area contributed by atoms with Crippen LogP contribution in [0, 0.1) is 6.92 Å². The van der Waals surface area contributed by atoms with Gasteiger partial charge in [-0.3, -0.25) is 0 Å². The zero-order chi connectivity index (χ0) is 20.1. The number of ether oxygens (including phenoxy) is 2. The van der Waals surface area contributed by atoms with Gasteiger partial charge in [-0.2, -0.15) is 0 Å². The maximum absolute atomic E-state index is 14.0. The van der Waals surface area contributed by atoms with Crippen LogP contribution in [0.25, 0.3) is 11.3 Å². The van der Waals surface area contributed by atoms with Gasteiger partial charge in [-0.1, -0.05) is 6.07 Å². The standard InChI is InChI=1S/C21H25FN4O3/c1-11-3-4-15(17(27)5-11)19-16-7-14-10-28-21(29-14)18(16)20(25-24-19)23-13-6-12(22)8-26(2)9-13/h3-5,12-14,21,27H,6-10H2,1-2H3,(H,23,25)/t12-,13-,14+,21-/m1/s1. The van der Waals surface area contributed by atoms with Crippen molar-refractivity contribution >= 4 is 5.82 Å². The highest BCUT2D eigenvalue weighted by Gasteiger charge is 2.40. The summed E-state index contributed by atoms with van der Waals surface area (Å²) in [6, 6.07) is 5.46. The van der Waals surface area contributed by atoms with Crippen molar-refractivity contribution in [1.82, 2.24) is 15.1 Å². The molecule has 1 aromatic heterocycles. The molecule has 1 aromatic carbocycles. The number of likely N-dealkylation sites (tertiary alicyclic amines) is 1. The number of halogens is 1. The van der Waals surface area contributed by atoms with Gasteiger partial charge in [0.1, 0.15) is 17.6 Å². The summed E-state index contributed by atoms with van der Waals surface area (Å²) in [6.45, 7) is 3.62. The van der Waals surface area contributed by atoms with E-state index in [4.69, 9.17) is 9.47 Å². The third-order valence-electron chi connectivity index (χ3n) is 5.86. The number of fused-ring (bicyclic) bond motifs is 4. The largest absolute Gasteiger partial charge is 0.507 e. The fourth-order valence-electron chi connectivity index (χ4n) is 4.59. The number of hydrogen-bond donors (Lipinski definition) is 2. The van der Waals surface area contributed by atoms with E-state index < -0.39 is 12.5 Å². The Labute approximate surface area is 168 Å². The molecule has 2 N–H and O–H groups in total. The molecule has 5 rings (SSSR count). The lowest BCUT2D eigenvalue weighted by Gasteiger charge is -2.34. The summed E-state index contributed by atoms with van der Waals surface area (Å²) < 4.78 is 25.8. The number of aromatic hydroxyl groups is 1. The number of hydrogen-bond acceptors (Lipinski definition) is 7. The van der Waals surface area contributed by atoms with E-state index in [9.17, 15) is 9.50 Å². The smallest absolute Gasteiger partial charge is 0.188 e. The van der Waals surface area contributed by atoms with Crippen molar-refractivity contribution in [3.8, 4) is 17.0 Å². The summed E-state index contributed by atoms with van der Waals surface area (Å²) in [4.78, 5) is 1.98. The summed E-state index contributed by atoms with van der Waals surface area (Å²) in [5.41, 5.74) is 4.05. The van der Waals surface area contributed by atoms with Crippen molar-refractivity contribution in [2.75, 3.05) is 32.1 Å². The average Bonchev–Trinajstić information content (AvgIpc) is 3.03. The molecule has 3 aliphatic rings. The predicted octanol–water partition coefficient (Wildman–Crippen LogP) is 2.58. The van der Waals surface area contributed by atoms with Gasteiger partial charge in [0.15, 0.2) is 12.1 Å². The zero-order valence-corrected chi connectivity index (χ0v) is 16.6. The maximum atomic E-state index is 14.0. The van der Waals surface area contributed by atoms with Gasteiger partial charge in [0, 0.05) is 37.5 Å². The van der Waals surface area contributed by atoms with Crippen molar-refractivity contribution < 1.29 is 19.0 Å². The molecular formula is C21H25FN4O3. The van der Waals surface area contributed by atoms with E-state index in [2.05, 4.69) is 15.5 Å². The van der Waals surface area contributed by atoms with E-state index in [1.807, 2.05) is 31.0 Å². The number of piperidine rings is 1. The number of aryl methyl sites for hydroxylation is 1. The van der Waals surface area contributed by atoms with Crippen molar-refractivity contribution in [3.05, 3.63) is 34.9 Å². The van der Waals surface area contributed by atoms with Crippen LogP contribution in [0.15, 0.2) is 18.2 Å². The van der Waals surface area contributed by atoms with Crippen molar-refractivity contribution in [2.45, 2.75) is 44.4 Å². The molecule has 7 nitrogen and oxygen atoms in total. The lowest BCUT2D eigenvalue weighted by atomic mass is 9.94. The van der Waals surface area contributed by atoms with Crippen molar-refractivity contribution in [3.63, 3.8) is 0 Å². The molecule has 0 unspecified atom stereocenters. The minimum Gasteiger partial charge on any atom is -0.507 e. The number of anilines is 1. The highest BCUT2D eigenvalue weighted by molar-refractivity contribution is 5.73. The van der Waals surface area contributed by atoms with Crippen LogP contribution in [-0.2, 0) is 15.9 Å². The number of phenols is 1. The Balaban J connectivity index is 1.56. The molecule has 3 aliphatic heterocycles. The molecule has 2 saturated heterocycles. The molecule has 8 heteroatoms. The SMILES string of the molecule is Cc1ccc(-c2nnc(N[C@@H]3C[C@@H](F)CN(C)C3)c3c2C[C@H]2CO[C@@H]3O2)c(O)c1. The lowest BCUT2D eigenvalue weighted by Crippen LogP contribution is -2.45. The quantitative estimate of drug-likeness (QED) is 0.820. The summed E-state index contributed by atoms with van der Waals surface area (Å²) >= 11 is 0. The molecule has 0 radical (unpaired) electrons. The summed E-state index contributed by atoms with van der Waals surface area (Å²) in [7, 11) is 1.92. The van der Waals surface area contributed by atoms with E-state index in [0.29, 0.717) is 43.1 Å². The Bertz CT molecular complexity index is 930. The topological polar surface area (TPSA) is 79.7 Å². The number of benzene rings is 1. The summed E-state index contributed by atoms with van der Waals surface area (Å²) in [5.74, 6) is 0.754. The van der Waals surface area contributed by atoms with Crippen LogP contribution in [-0.4, -0.2) is 65.3 Å². The molecule has 4 atom stereocenters. The first-order chi connectivity index (χ1) is 14.0. The Hall–Kier alpha value is -2.29. The van der Waals surface area contributed by atoms with Gasteiger partial charge < -0.3 is 24.8 Å². The van der Waals surface area contributed by atoms with Crippen molar-refractivity contribution in [1.29, 1.82) is 0 Å². The molecule has 2 aromatic rings. The van der Waals surface area contributed by atoms with Gasteiger partial charge in [0.05, 0.1) is 18.3 Å². The minimum atomic E-state index is -0.873. The predicted molar refractivity (Wildman–Crippen MR) is 106 cm³/mol. The number of nitrogens with zero attached hydrogens (tertiary/aromatic N) is 3. The molecule has 154 valence electrons. The number of rotatable bonds is 3. The highest BCUT2D eigenvalue weighted by atomic mass is 19.1. The second-order valence-corrected chi connectivity index (χ2v) is 8.33. The van der Waals surface area contributed by atoms with Crippen LogP contribution in [0.4, 0.5) is 10.2 Å². The van der Waals surface area contributed by atoms with Gasteiger partial charge in [-0.25, -0.2) is 4.39 Å². The second-order valence-electron chi connectivity index (χ2n) is 8.33. The number of alkyl halides is 1. The molecule has 2 fully saturated rings. The number of nitrogens with one attached hydrogen (secondary N) is 1. The third-order valence-corrected chi connectivity index (χ3v) is 5.86. The average molecular weight is 400 g/mol. The van der Waals surface area contributed by atoms with E-state index in [1.165, 1.54) is 0 Å². The monoisotopic (exact) mass is 400 g/mol. The van der Waals surface area contributed by atoms with E-state index in [1.54, 1.807) is 6.07 Å².